The van der Waals surface area contributed by atoms with E-state index >= 15 is 0 Å². The highest BCUT2D eigenvalue weighted by Crippen LogP contribution is 2.42. The molecule has 1 heterocycles. The molecule has 3 atom stereocenters. The fourth-order valence-electron chi connectivity index (χ4n) is 3.32. The van der Waals surface area contributed by atoms with Crippen LogP contribution in [0.4, 0.5) is 9.18 Å². The number of carbonyl (C=O) groups excluding carboxylic acids is 1. The van der Waals surface area contributed by atoms with E-state index in [9.17, 15) is 14.3 Å². The van der Waals surface area contributed by atoms with Crippen molar-refractivity contribution < 1.29 is 19.0 Å². The van der Waals surface area contributed by atoms with E-state index in [1.807, 2.05) is 0 Å². The van der Waals surface area contributed by atoms with Crippen LogP contribution in [0.5, 0.6) is 0 Å². The van der Waals surface area contributed by atoms with Gasteiger partial charge in [0.25, 0.3) is 0 Å². The van der Waals surface area contributed by atoms with Crippen LogP contribution in [0.2, 0.25) is 5.02 Å². The highest BCUT2D eigenvalue weighted by atomic mass is 35.5. The van der Waals surface area contributed by atoms with Gasteiger partial charge in [-0.3, -0.25) is 0 Å². The molecule has 1 aromatic rings. The monoisotopic (exact) mass is 357 g/mol. The number of piperidine rings is 1. The van der Waals surface area contributed by atoms with Crippen LogP contribution in [0.25, 0.3) is 0 Å². The van der Waals surface area contributed by atoms with Crippen LogP contribution in [0, 0.1) is 17.7 Å². The van der Waals surface area contributed by atoms with Crippen LogP contribution < -0.4 is 0 Å². The number of hydrogen-bond donors (Lipinski definition) is 1. The zero-order valence-corrected chi connectivity index (χ0v) is 15.5. The molecule has 1 fully saturated rings. The van der Waals surface area contributed by atoms with Crippen LogP contribution in [-0.2, 0) is 10.3 Å². The molecule has 1 amide bonds. The molecule has 1 unspecified atom stereocenters. The Morgan fingerprint density at radius 3 is 2.33 bits per heavy atom. The first-order valence-corrected chi connectivity index (χ1v) is 8.48. The van der Waals surface area contributed by atoms with Gasteiger partial charge in [-0.05, 0) is 32.9 Å². The smallest absolute Gasteiger partial charge is 0.410 e. The average molecular weight is 358 g/mol. The first kappa shape index (κ1) is 19.0. The Morgan fingerprint density at radius 1 is 1.33 bits per heavy atom. The molecule has 4 nitrogen and oxygen atoms in total. The van der Waals surface area contributed by atoms with Crippen LogP contribution in [0.1, 0.15) is 40.2 Å². The van der Waals surface area contributed by atoms with E-state index < -0.39 is 23.1 Å². The van der Waals surface area contributed by atoms with Gasteiger partial charge in [0, 0.05) is 35.5 Å². The second-order valence-electron chi connectivity index (χ2n) is 7.64. The summed E-state index contributed by atoms with van der Waals surface area (Å²) in [6.07, 6.45) is -0.417. The number of carbonyl (C=O) groups is 1. The fraction of sp³-hybridized carbons (Fsp3) is 0.611. The van der Waals surface area contributed by atoms with Crippen molar-refractivity contribution in [2.24, 2.45) is 11.8 Å². The van der Waals surface area contributed by atoms with E-state index in [0.717, 1.165) is 0 Å². The highest BCUT2D eigenvalue weighted by Gasteiger charge is 2.48. The minimum Gasteiger partial charge on any atom is -0.444 e. The van der Waals surface area contributed by atoms with Gasteiger partial charge in [0.05, 0.1) is 0 Å². The largest absolute Gasteiger partial charge is 0.444 e. The molecule has 1 saturated heterocycles. The minimum atomic E-state index is -1.37. The third-order valence-electron chi connectivity index (χ3n) is 4.51. The Balaban J connectivity index is 2.26. The van der Waals surface area contributed by atoms with Crippen LogP contribution >= 0.6 is 11.6 Å². The van der Waals surface area contributed by atoms with Crippen molar-refractivity contribution in [3.63, 3.8) is 0 Å². The van der Waals surface area contributed by atoms with Gasteiger partial charge in [-0.1, -0.05) is 31.5 Å². The molecule has 134 valence electrons. The molecular formula is C18H25ClFNO3. The molecule has 2 rings (SSSR count). The van der Waals surface area contributed by atoms with E-state index in [2.05, 4.69) is 0 Å². The second-order valence-corrected chi connectivity index (χ2v) is 8.07. The topological polar surface area (TPSA) is 49.8 Å². The normalized spacial score (nSPS) is 27.9. The summed E-state index contributed by atoms with van der Waals surface area (Å²) in [6.45, 7) is 9.61. The Morgan fingerprint density at radius 2 is 1.88 bits per heavy atom. The number of amides is 1. The van der Waals surface area contributed by atoms with Crippen LogP contribution in [0.15, 0.2) is 18.2 Å². The summed E-state index contributed by atoms with van der Waals surface area (Å²) in [7, 11) is 0. The van der Waals surface area contributed by atoms with Gasteiger partial charge in [-0.15, -0.1) is 0 Å². The number of likely N-dealkylation sites (tertiary alicyclic amines) is 1. The molecule has 0 aromatic heterocycles. The van der Waals surface area contributed by atoms with E-state index in [1.165, 1.54) is 12.1 Å². The predicted molar refractivity (Wildman–Crippen MR) is 91.4 cm³/mol. The summed E-state index contributed by atoms with van der Waals surface area (Å²) in [5.74, 6) is -1.25. The van der Waals surface area contributed by atoms with Gasteiger partial charge < -0.3 is 14.7 Å². The van der Waals surface area contributed by atoms with Crippen molar-refractivity contribution in [2.45, 2.75) is 45.8 Å². The van der Waals surface area contributed by atoms with Gasteiger partial charge in [0.15, 0.2) is 0 Å². The number of rotatable bonds is 1. The number of hydrogen-bond acceptors (Lipinski definition) is 3. The van der Waals surface area contributed by atoms with Gasteiger partial charge in [-0.2, -0.15) is 0 Å². The Bertz CT molecular complexity index is 617. The number of ether oxygens (including phenoxy) is 1. The Hall–Kier alpha value is -1.33. The molecule has 0 saturated carbocycles. The minimum absolute atomic E-state index is 0.218. The fourth-order valence-corrected chi connectivity index (χ4v) is 3.48. The molecule has 1 aliphatic heterocycles. The number of benzene rings is 1. The van der Waals surface area contributed by atoms with Crippen molar-refractivity contribution in [1.82, 2.24) is 4.90 Å². The molecule has 1 aliphatic rings. The lowest BCUT2D eigenvalue weighted by Gasteiger charge is -2.48. The van der Waals surface area contributed by atoms with Crippen molar-refractivity contribution in [3.8, 4) is 0 Å². The number of halogens is 2. The summed E-state index contributed by atoms with van der Waals surface area (Å²) < 4.78 is 19.8. The lowest BCUT2D eigenvalue weighted by molar-refractivity contribution is -0.113. The van der Waals surface area contributed by atoms with Gasteiger partial charge >= 0.3 is 6.09 Å². The molecule has 0 bridgehead atoms. The number of aliphatic hydroxyl groups is 1. The zero-order valence-electron chi connectivity index (χ0n) is 14.8. The molecular weight excluding hydrogens is 333 g/mol. The molecule has 0 spiro atoms. The SMILES string of the molecule is C[C@@H]1CN(C(=O)OC(C)(C)C)C[C@H](C)C1(O)c1ccc(Cl)cc1F. The third-order valence-corrected chi connectivity index (χ3v) is 4.74. The van der Waals surface area contributed by atoms with Crippen molar-refractivity contribution >= 4 is 17.7 Å². The summed E-state index contributed by atoms with van der Waals surface area (Å²) in [5.41, 5.74) is -1.73. The Labute approximate surface area is 147 Å². The van der Waals surface area contributed by atoms with Crippen molar-refractivity contribution in [3.05, 3.63) is 34.6 Å². The molecule has 1 N–H and O–H groups in total. The third kappa shape index (κ3) is 3.67. The van der Waals surface area contributed by atoms with Crippen LogP contribution in [0.3, 0.4) is 0 Å². The maximum atomic E-state index is 14.4. The summed E-state index contributed by atoms with van der Waals surface area (Å²) in [5, 5.41) is 11.5. The molecule has 0 aliphatic carbocycles. The average Bonchev–Trinajstić information content (AvgIpc) is 2.42. The first-order valence-electron chi connectivity index (χ1n) is 8.11. The number of nitrogens with zero attached hydrogens (tertiary/aromatic N) is 1. The first-order chi connectivity index (χ1) is 10.9. The van der Waals surface area contributed by atoms with Gasteiger partial charge in [0.2, 0.25) is 0 Å². The standard InChI is InChI=1S/C18H25ClFNO3/c1-11-9-21(16(22)24-17(3,4)5)10-12(2)18(11,23)14-7-6-13(19)8-15(14)20/h6-8,11-12,23H,9-10H2,1-5H3/t11-,12+,18?. The van der Waals surface area contributed by atoms with Gasteiger partial charge in [-0.25, -0.2) is 9.18 Å². The summed E-state index contributed by atoms with van der Waals surface area (Å²) in [4.78, 5) is 13.9. The lowest BCUT2D eigenvalue weighted by atomic mass is 9.70. The summed E-state index contributed by atoms with van der Waals surface area (Å²) >= 11 is 5.81. The molecule has 1 aromatic carbocycles. The van der Waals surface area contributed by atoms with Gasteiger partial charge in [0.1, 0.15) is 17.0 Å². The lowest BCUT2D eigenvalue weighted by Crippen LogP contribution is -2.56. The van der Waals surface area contributed by atoms with Crippen molar-refractivity contribution in [2.75, 3.05) is 13.1 Å². The van der Waals surface area contributed by atoms with E-state index in [1.54, 1.807) is 45.6 Å². The molecule has 6 heteroatoms. The zero-order chi connectivity index (χ0) is 18.3. The predicted octanol–water partition coefficient (Wildman–Crippen LogP) is 4.19. The maximum Gasteiger partial charge on any atom is 0.410 e. The van der Waals surface area contributed by atoms with E-state index in [4.69, 9.17) is 16.3 Å². The second kappa shape index (κ2) is 6.52. The quantitative estimate of drug-likeness (QED) is 0.819. The van der Waals surface area contributed by atoms with E-state index in [0.29, 0.717) is 0 Å². The van der Waals surface area contributed by atoms with Crippen LogP contribution in [-0.4, -0.2) is 34.8 Å². The molecule has 0 radical (unpaired) electrons. The van der Waals surface area contributed by atoms with Crippen molar-refractivity contribution in [1.29, 1.82) is 0 Å². The maximum absolute atomic E-state index is 14.4. The van der Waals surface area contributed by atoms with E-state index in [-0.39, 0.29) is 35.5 Å². The highest BCUT2D eigenvalue weighted by molar-refractivity contribution is 6.30. The summed E-state index contributed by atoms with van der Waals surface area (Å²) in [6, 6.07) is 4.29. The Kier molecular flexibility index (Phi) is 5.17. The molecule has 24 heavy (non-hydrogen) atoms.